The van der Waals surface area contributed by atoms with E-state index < -0.39 is 0 Å². The van der Waals surface area contributed by atoms with Crippen LogP contribution in [0.5, 0.6) is 0 Å². The third-order valence-electron chi connectivity index (χ3n) is 6.81. The molecule has 4 fully saturated rings. The monoisotopic (exact) mass is 355 g/mol. The number of carbonyl (C=O) groups is 2. The summed E-state index contributed by atoms with van der Waals surface area (Å²) in [5, 5.41) is 2.89. The predicted octanol–water partition coefficient (Wildman–Crippen LogP) is 4.46. The summed E-state index contributed by atoms with van der Waals surface area (Å²) in [4.78, 5) is 24.3. The maximum absolute atomic E-state index is 12.8. The van der Waals surface area contributed by atoms with Gasteiger partial charge in [-0.25, -0.2) is 0 Å². The fourth-order valence-electron chi connectivity index (χ4n) is 6.07. The third-order valence-corrected chi connectivity index (χ3v) is 8.33. The van der Waals surface area contributed by atoms with Gasteiger partial charge in [0.15, 0.2) is 5.78 Å². The molecular weight excluding hydrogens is 330 g/mol. The molecule has 0 atom stereocenters. The van der Waals surface area contributed by atoms with Gasteiger partial charge in [-0.15, -0.1) is 11.8 Å². The fraction of sp³-hybridized carbons (Fsp3) is 0.619. The Balaban J connectivity index is 1.27. The molecular formula is C21H25NO2S. The van der Waals surface area contributed by atoms with Gasteiger partial charge in [-0.2, -0.15) is 0 Å². The molecule has 0 saturated heterocycles. The summed E-state index contributed by atoms with van der Waals surface area (Å²) in [6.07, 6.45) is 9.63. The summed E-state index contributed by atoms with van der Waals surface area (Å²) in [7, 11) is 0. The molecule has 4 aliphatic carbocycles. The highest BCUT2D eigenvalue weighted by molar-refractivity contribution is 8.01. The molecule has 4 heteroatoms. The van der Waals surface area contributed by atoms with Crippen LogP contribution in [0.3, 0.4) is 0 Å². The van der Waals surface area contributed by atoms with Gasteiger partial charge < -0.3 is 5.32 Å². The molecule has 132 valence electrons. The van der Waals surface area contributed by atoms with Crippen molar-refractivity contribution in [1.29, 1.82) is 0 Å². The minimum absolute atomic E-state index is 0.0731. The lowest BCUT2D eigenvalue weighted by Gasteiger charge is -2.56. The van der Waals surface area contributed by atoms with Crippen molar-refractivity contribution in [1.82, 2.24) is 0 Å². The van der Waals surface area contributed by atoms with Crippen LogP contribution in [-0.2, 0) is 11.2 Å². The molecule has 0 aromatic heterocycles. The van der Waals surface area contributed by atoms with Crippen LogP contribution < -0.4 is 5.32 Å². The lowest BCUT2D eigenvalue weighted by molar-refractivity contribution is -0.116. The van der Waals surface area contributed by atoms with Crippen molar-refractivity contribution >= 4 is 29.1 Å². The van der Waals surface area contributed by atoms with E-state index in [0.29, 0.717) is 16.9 Å². The Labute approximate surface area is 153 Å². The molecule has 0 radical (unpaired) electrons. The first kappa shape index (κ1) is 15.9. The van der Waals surface area contributed by atoms with Gasteiger partial charge in [-0.1, -0.05) is 0 Å². The smallest absolute Gasteiger partial charge is 0.224 e. The molecule has 4 bridgehead atoms. The Morgan fingerprint density at radius 3 is 2.44 bits per heavy atom. The van der Waals surface area contributed by atoms with E-state index in [0.717, 1.165) is 41.0 Å². The SMILES string of the molecule is O=C1CCc2cc(C(=O)CSC34CC5CC(CC(C5)C3)C4)ccc2N1. The van der Waals surface area contributed by atoms with Crippen molar-refractivity contribution in [2.24, 2.45) is 17.8 Å². The topological polar surface area (TPSA) is 46.2 Å². The number of thioether (sulfide) groups is 1. The van der Waals surface area contributed by atoms with Crippen molar-refractivity contribution in [3.8, 4) is 0 Å². The molecule has 1 amide bonds. The van der Waals surface area contributed by atoms with Crippen LogP contribution in [0.4, 0.5) is 5.69 Å². The van der Waals surface area contributed by atoms with Crippen LogP contribution in [-0.4, -0.2) is 22.2 Å². The highest BCUT2D eigenvalue weighted by Gasteiger charge is 2.51. The second-order valence-electron chi connectivity index (χ2n) is 8.73. The average Bonchev–Trinajstić information content (AvgIpc) is 2.58. The van der Waals surface area contributed by atoms with Gasteiger partial charge in [-0.05, 0) is 86.5 Å². The zero-order chi connectivity index (χ0) is 17.0. The summed E-state index contributed by atoms with van der Waals surface area (Å²) in [6.45, 7) is 0. The van der Waals surface area contributed by atoms with Crippen molar-refractivity contribution in [2.45, 2.75) is 56.1 Å². The van der Waals surface area contributed by atoms with E-state index in [1.807, 2.05) is 30.0 Å². The van der Waals surface area contributed by atoms with E-state index in [2.05, 4.69) is 5.32 Å². The lowest BCUT2D eigenvalue weighted by atomic mass is 9.56. The van der Waals surface area contributed by atoms with E-state index in [-0.39, 0.29) is 11.7 Å². The largest absolute Gasteiger partial charge is 0.326 e. The maximum atomic E-state index is 12.8. The summed E-state index contributed by atoms with van der Waals surface area (Å²) < 4.78 is 0.395. The second kappa shape index (κ2) is 5.87. The molecule has 1 N–H and O–H groups in total. The first-order valence-corrected chi connectivity index (χ1v) is 10.7. The van der Waals surface area contributed by atoms with Crippen LogP contribution in [0, 0.1) is 17.8 Å². The number of anilines is 1. The number of benzene rings is 1. The van der Waals surface area contributed by atoms with Gasteiger partial charge in [-0.3, -0.25) is 9.59 Å². The number of carbonyl (C=O) groups excluding carboxylic acids is 2. The molecule has 1 aromatic carbocycles. The first-order chi connectivity index (χ1) is 12.1. The number of fused-ring (bicyclic) bond motifs is 1. The van der Waals surface area contributed by atoms with Crippen LogP contribution in [0.15, 0.2) is 18.2 Å². The maximum Gasteiger partial charge on any atom is 0.224 e. The van der Waals surface area contributed by atoms with Gasteiger partial charge >= 0.3 is 0 Å². The van der Waals surface area contributed by atoms with Gasteiger partial charge in [0.25, 0.3) is 0 Å². The molecule has 5 aliphatic rings. The van der Waals surface area contributed by atoms with E-state index in [9.17, 15) is 9.59 Å². The van der Waals surface area contributed by atoms with Crippen LogP contribution in [0.25, 0.3) is 0 Å². The van der Waals surface area contributed by atoms with E-state index in [4.69, 9.17) is 0 Å². The summed E-state index contributed by atoms with van der Waals surface area (Å²) in [5.74, 6) is 3.73. The van der Waals surface area contributed by atoms with Crippen molar-refractivity contribution in [2.75, 3.05) is 11.1 Å². The average molecular weight is 356 g/mol. The molecule has 25 heavy (non-hydrogen) atoms. The number of ketones is 1. The van der Waals surface area contributed by atoms with Gasteiger partial charge in [0.1, 0.15) is 0 Å². The van der Waals surface area contributed by atoms with Crippen molar-refractivity contribution < 1.29 is 9.59 Å². The number of amides is 1. The Morgan fingerprint density at radius 1 is 1.08 bits per heavy atom. The third kappa shape index (κ3) is 2.92. The van der Waals surface area contributed by atoms with Crippen molar-refractivity contribution in [3.05, 3.63) is 29.3 Å². The molecule has 1 aromatic rings. The predicted molar refractivity (Wildman–Crippen MR) is 101 cm³/mol. The zero-order valence-electron chi connectivity index (χ0n) is 14.6. The second-order valence-corrected chi connectivity index (χ2v) is 10.2. The highest BCUT2D eigenvalue weighted by atomic mass is 32.2. The van der Waals surface area contributed by atoms with Gasteiger partial charge in [0, 0.05) is 22.4 Å². The number of nitrogens with one attached hydrogen (secondary N) is 1. The molecule has 6 rings (SSSR count). The standard InChI is InChI=1S/C21H25NO2S/c23-19(17-1-3-18-16(8-17)2-4-20(24)22-18)12-25-21-9-13-5-14(10-21)7-15(6-13)11-21/h1,3,8,13-15H,2,4-7,9-12H2,(H,22,24). The minimum Gasteiger partial charge on any atom is -0.326 e. The minimum atomic E-state index is 0.0731. The van der Waals surface area contributed by atoms with E-state index in [1.54, 1.807) is 0 Å². The molecule has 3 nitrogen and oxygen atoms in total. The Bertz CT molecular complexity index is 706. The number of hydrogen-bond donors (Lipinski definition) is 1. The van der Waals surface area contributed by atoms with Gasteiger partial charge in [0.05, 0.1) is 5.75 Å². The van der Waals surface area contributed by atoms with E-state index in [1.165, 1.54) is 38.5 Å². The quantitative estimate of drug-likeness (QED) is 0.811. The summed E-state index contributed by atoms with van der Waals surface area (Å²) >= 11 is 1.96. The molecule has 0 spiro atoms. The normalized spacial score (nSPS) is 35.4. The number of Topliss-reactive ketones (excluding diaryl/α,β-unsaturated/α-hetero) is 1. The number of aryl methyl sites for hydroxylation is 1. The number of hydrogen-bond acceptors (Lipinski definition) is 3. The molecule has 0 unspecified atom stereocenters. The zero-order valence-corrected chi connectivity index (χ0v) is 15.4. The summed E-state index contributed by atoms with van der Waals surface area (Å²) in [5.41, 5.74) is 2.79. The van der Waals surface area contributed by atoms with Crippen LogP contribution >= 0.6 is 11.8 Å². The molecule has 1 aliphatic heterocycles. The van der Waals surface area contributed by atoms with Crippen molar-refractivity contribution in [3.63, 3.8) is 0 Å². The first-order valence-electron chi connectivity index (χ1n) is 9.68. The Morgan fingerprint density at radius 2 is 1.76 bits per heavy atom. The highest BCUT2D eigenvalue weighted by Crippen LogP contribution is 2.60. The molecule has 4 saturated carbocycles. The fourth-order valence-corrected chi connectivity index (χ4v) is 7.73. The lowest BCUT2D eigenvalue weighted by Crippen LogP contribution is -2.48. The van der Waals surface area contributed by atoms with E-state index >= 15 is 0 Å². The number of rotatable bonds is 4. The Kier molecular flexibility index (Phi) is 3.74. The summed E-state index contributed by atoms with van der Waals surface area (Å²) in [6, 6.07) is 5.78. The Hall–Kier alpha value is -1.29. The van der Waals surface area contributed by atoms with Gasteiger partial charge in [0.2, 0.25) is 5.91 Å². The van der Waals surface area contributed by atoms with Crippen LogP contribution in [0.2, 0.25) is 0 Å². The van der Waals surface area contributed by atoms with Crippen LogP contribution in [0.1, 0.15) is 60.9 Å². The molecule has 1 heterocycles.